The summed E-state index contributed by atoms with van der Waals surface area (Å²) >= 11 is 5.84. The molecule has 0 spiro atoms. The molecule has 3 aromatic heterocycles. The Morgan fingerprint density at radius 3 is 3.06 bits per heavy atom. The minimum absolute atomic E-state index is 0.165. The zero-order valence-corrected chi connectivity index (χ0v) is 10.3. The first-order valence-corrected chi connectivity index (χ1v) is 5.71. The van der Waals surface area contributed by atoms with Gasteiger partial charge >= 0.3 is 0 Å². The van der Waals surface area contributed by atoms with Crippen LogP contribution in [0.1, 0.15) is 11.3 Å². The quantitative estimate of drug-likeness (QED) is 0.625. The number of nitrogens with zero attached hydrogens (tertiary/aromatic N) is 4. The van der Waals surface area contributed by atoms with Gasteiger partial charge in [0.05, 0.1) is 24.8 Å². The van der Waals surface area contributed by atoms with Gasteiger partial charge in [-0.3, -0.25) is 5.10 Å². The summed E-state index contributed by atoms with van der Waals surface area (Å²) in [6, 6.07) is 0. The Morgan fingerprint density at radius 2 is 2.28 bits per heavy atom. The molecule has 0 amide bonds. The van der Waals surface area contributed by atoms with Crippen LogP contribution in [0.2, 0.25) is 5.28 Å². The monoisotopic (exact) mass is 263 g/mol. The van der Waals surface area contributed by atoms with Gasteiger partial charge in [-0.05, 0) is 24.1 Å². The molecule has 8 heteroatoms. The molecule has 0 unspecified atom stereocenters. The van der Waals surface area contributed by atoms with Crippen molar-refractivity contribution in [1.82, 2.24) is 30.1 Å². The van der Waals surface area contributed by atoms with Crippen LogP contribution in [0, 0.1) is 6.92 Å². The van der Waals surface area contributed by atoms with E-state index >= 15 is 0 Å². The van der Waals surface area contributed by atoms with Crippen LogP contribution in [0.4, 0.5) is 5.82 Å². The number of halogens is 1. The molecule has 3 rings (SSSR count). The highest BCUT2D eigenvalue weighted by atomic mass is 35.5. The molecule has 92 valence electrons. The van der Waals surface area contributed by atoms with E-state index in [4.69, 9.17) is 11.6 Å². The van der Waals surface area contributed by atoms with Crippen LogP contribution in [0.3, 0.4) is 0 Å². The Labute approximate surface area is 107 Å². The van der Waals surface area contributed by atoms with Crippen molar-refractivity contribution in [3.63, 3.8) is 0 Å². The van der Waals surface area contributed by atoms with Gasteiger partial charge in [0.25, 0.3) is 0 Å². The molecule has 0 aromatic carbocycles. The Kier molecular flexibility index (Phi) is 2.60. The lowest BCUT2D eigenvalue weighted by molar-refractivity contribution is 0.968. The lowest BCUT2D eigenvalue weighted by Gasteiger charge is -2.05. The van der Waals surface area contributed by atoms with E-state index in [-0.39, 0.29) is 5.28 Å². The molecule has 18 heavy (non-hydrogen) atoms. The summed E-state index contributed by atoms with van der Waals surface area (Å²) in [7, 11) is 0. The number of hydrogen-bond donors (Lipinski definition) is 3. The van der Waals surface area contributed by atoms with Gasteiger partial charge < -0.3 is 10.3 Å². The Morgan fingerprint density at radius 1 is 1.39 bits per heavy atom. The Bertz CT molecular complexity index is 686. The molecule has 7 nitrogen and oxygen atoms in total. The first-order valence-electron chi connectivity index (χ1n) is 5.33. The zero-order chi connectivity index (χ0) is 12.5. The maximum atomic E-state index is 5.84. The van der Waals surface area contributed by atoms with Crippen LogP contribution < -0.4 is 5.32 Å². The molecular formula is C10H10ClN7. The standard InChI is InChI=1S/C10H10ClN7/c1-5-2-15-18-6(5)3-12-8-7-9(14-4-13-7)17-10(11)16-8/h2,4H,3H2,1H3,(H,15,18)(H2,12,13,14,16,17). The summed E-state index contributed by atoms with van der Waals surface area (Å²) in [6.45, 7) is 2.56. The van der Waals surface area contributed by atoms with Crippen molar-refractivity contribution in [1.29, 1.82) is 0 Å². The second kappa shape index (κ2) is 4.26. The van der Waals surface area contributed by atoms with E-state index in [1.54, 1.807) is 12.5 Å². The highest BCUT2D eigenvalue weighted by molar-refractivity contribution is 6.28. The van der Waals surface area contributed by atoms with E-state index in [0.29, 0.717) is 18.0 Å². The van der Waals surface area contributed by atoms with Crippen LogP contribution in [0.15, 0.2) is 12.5 Å². The number of rotatable bonds is 3. The molecule has 0 radical (unpaired) electrons. The van der Waals surface area contributed by atoms with Crippen LogP contribution in [0.5, 0.6) is 0 Å². The van der Waals surface area contributed by atoms with Crippen LogP contribution in [-0.4, -0.2) is 30.1 Å². The molecule has 0 bridgehead atoms. The van der Waals surface area contributed by atoms with E-state index in [1.165, 1.54) is 0 Å². The number of nitrogens with one attached hydrogen (secondary N) is 3. The van der Waals surface area contributed by atoms with Crippen molar-refractivity contribution in [2.24, 2.45) is 0 Å². The number of aromatic nitrogens is 6. The summed E-state index contributed by atoms with van der Waals surface area (Å²) in [5.41, 5.74) is 3.36. The molecule has 3 N–H and O–H groups in total. The van der Waals surface area contributed by atoms with Gasteiger partial charge in [-0.25, -0.2) is 4.98 Å². The van der Waals surface area contributed by atoms with Gasteiger partial charge in [0.1, 0.15) is 5.52 Å². The van der Waals surface area contributed by atoms with E-state index < -0.39 is 0 Å². The number of anilines is 1. The molecule has 3 heterocycles. The number of hydrogen-bond acceptors (Lipinski definition) is 5. The predicted octanol–water partition coefficient (Wildman–Crippen LogP) is 1.65. The maximum Gasteiger partial charge on any atom is 0.226 e. The van der Waals surface area contributed by atoms with Gasteiger partial charge in [0, 0.05) is 0 Å². The van der Waals surface area contributed by atoms with Gasteiger partial charge in [-0.15, -0.1) is 0 Å². The third kappa shape index (κ3) is 1.88. The summed E-state index contributed by atoms with van der Waals surface area (Å²) in [5, 5.41) is 10.2. The summed E-state index contributed by atoms with van der Waals surface area (Å²) in [5.74, 6) is 0.622. The maximum absolute atomic E-state index is 5.84. The third-order valence-corrected chi connectivity index (χ3v) is 2.79. The highest BCUT2D eigenvalue weighted by Gasteiger charge is 2.09. The van der Waals surface area contributed by atoms with E-state index in [0.717, 1.165) is 16.8 Å². The summed E-state index contributed by atoms with van der Waals surface area (Å²) in [6.07, 6.45) is 3.33. The van der Waals surface area contributed by atoms with Crippen LogP contribution in [-0.2, 0) is 6.54 Å². The van der Waals surface area contributed by atoms with Crippen molar-refractivity contribution in [3.05, 3.63) is 29.1 Å². The molecule has 0 saturated heterocycles. The van der Waals surface area contributed by atoms with Gasteiger partial charge in [-0.1, -0.05) is 0 Å². The predicted molar refractivity (Wildman–Crippen MR) is 67.3 cm³/mol. The number of H-pyrrole nitrogens is 2. The van der Waals surface area contributed by atoms with E-state index in [1.807, 2.05) is 6.92 Å². The molecule has 0 aliphatic rings. The molecule has 0 aliphatic heterocycles. The van der Waals surface area contributed by atoms with Gasteiger partial charge in [0.15, 0.2) is 11.5 Å². The molecule has 0 aliphatic carbocycles. The van der Waals surface area contributed by atoms with Crippen molar-refractivity contribution in [2.75, 3.05) is 5.32 Å². The van der Waals surface area contributed by atoms with Crippen molar-refractivity contribution >= 4 is 28.6 Å². The molecule has 0 atom stereocenters. The molecule has 0 saturated carbocycles. The first kappa shape index (κ1) is 11.0. The Balaban J connectivity index is 1.90. The normalized spacial score (nSPS) is 11.0. The smallest absolute Gasteiger partial charge is 0.226 e. The average molecular weight is 264 g/mol. The second-order valence-corrected chi connectivity index (χ2v) is 4.17. The Hall–Kier alpha value is -2.15. The average Bonchev–Trinajstić information content (AvgIpc) is 2.94. The van der Waals surface area contributed by atoms with E-state index in [9.17, 15) is 0 Å². The largest absolute Gasteiger partial charge is 0.362 e. The topological polar surface area (TPSA) is 95.2 Å². The number of imidazole rings is 1. The van der Waals surface area contributed by atoms with Crippen LogP contribution in [0.25, 0.3) is 11.2 Å². The molecular weight excluding hydrogens is 254 g/mol. The molecule has 0 fully saturated rings. The van der Waals surface area contributed by atoms with E-state index in [2.05, 4.69) is 35.5 Å². The fourth-order valence-corrected chi connectivity index (χ4v) is 1.82. The summed E-state index contributed by atoms with van der Waals surface area (Å²) < 4.78 is 0. The van der Waals surface area contributed by atoms with Crippen LogP contribution >= 0.6 is 11.6 Å². The zero-order valence-electron chi connectivity index (χ0n) is 9.53. The number of aromatic amines is 2. The number of aryl methyl sites for hydroxylation is 1. The SMILES string of the molecule is Cc1cn[nH]c1CNc1nc(Cl)nc2nc[nH]c12. The third-order valence-electron chi connectivity index (χ3n) is 2.62. The minimum Gasteiger partial charge on any atom is -0.362 e. The first-order chi connectivity index (χ1) is 8.74. The minimum atomic E-state index is 0.165. The lowest BCUT2D eigenvalue weighted by atomic mass is 10.3. The number of fused-ring (bicyclic) bond motifs is 1. The second-order valence-electron chi connectivity index (χ2n) is 3.83. The van der Waals surface area contributed by atoms with Gasteiger partial charge in [-0.2, -0.15) is 15.1 Å². The fraction of sp³-hybridized carbons (Fsp3) is 0.200. The highest BCUT2D eigenvalue weighted by Crippen LogP contribution is 2.19. The summed E-state index contributed by atoms with van der Waals surface area (Å²) in [4.78, 5) is 15.2. The van der Waals surface area contributed by atoms with Crippen molar-refractivity contribution in [3.8, 4) is 0 Å². The van der Waals surface area contributed by atoms with Crippen molar-refractivity contribution < 1.29 is 0 Å². The molecule has 3 aromatic rings. The van der Waals surface area contributed by atoms with Crippen molar-refractivity contribution in [2.45, 2.75) is 13.5 Å². The van der Waals surface area contributed by atoms with Gasteiger partial charge in [0.2, 0.25) is 5.28 Å². The lowest BCUT2D eigenvalue weighted by Crippen LogP contribution is -2.04. The fourth-order valence-electron chi connectivity index (χ4n) is 1.66.